The van der Waals surface area contributed by atoms with Crippen molar-refractivity contribution in [3.05, 3.63) is 54.7 Å². The van der Waals surface area contributed by atoms with Crippen molar-refractivity contribution in [3.8, 4) is 0 Å². The fourth-order valence-electron chi connectivity index (χ4n) is 3.47. The predicted octanol–water partition coefficient (Wildman–Crippen LogP) is 2.52. The lowest BCUT2D eigenvalue weighted by atomic mass is 9.74. The number of rotatable bonds is 5. The number of para-hydroxylation sites is 1. The summed E-state index contributed by atoms with van der Waals surface area (Å²) < 4.78 is 18.0. The minimum atomic E-state index is -0.857. The number of fused-ring (bicyclic) bond motifs is 1. The summed E-state index contributed by atoms with van der Waals surface area (Å²) in [6.07, 6.45) is 6.24. The van der Waals surface area contributed by atoms with E-state index < -0.39 is 36.1 Å². The van der Waals surface area contributed by atoms with E-state index in [9.17, 15) is 9.59 Å². The van der Waals surface area contributed by atoms with Gasteiger partial charge < -0.3 is 24.4 Å². The molecule has 0 bridgehead atoms. The summed E-state index contributed by atoms with van der Waals surface area (Å²) in [5, 5.41) is 6.12. The Morgan fingerprint density at radius 2 is 1.78 bits per heavy atom. The van der Waals surface area contributed by atoms with Crippen molar-refractivity contribution in [1.29, 1.82) is 0 Å². The Balaban J connectivity index is 1.56. The van der Waals surface area contributed by atoms with Gasteiger partial charge in [-0.3, -0.25) is 14.6 Å². The van der Waals surface area contributed by atoms with Crippen molar-refractivity contribution in [3.63, 3.8) is 0 Å². The maximum Gasteiger partial charge on any atom is 0.482 e. The number of furan rings is 1. The maximum absolute atomic E-state index is 12.7. The van der Waals surface area contributed by atoms with Gasteiger partial charge in [0, 0.05) is 17.8 Å². The van der Waals surface area contributed by atoms with Gasteiger partial charge in [0.15, 0.2) is 5.82 Å². The number of carbonyl (C=O) groups excluding carboxylic acids is 2. The Hall–Kier alpha value is -3.24. The molecule has 166 valence electrons. The summed E-state index contributed by atoms with van der Waals surface area (Å²) in [5.74, 6) is -2.15. The minimum Gasteiger partial charge on any atom is -0.464 e. The predicted molar refractivity (Wildman–Crippen MR) is 119 cm³/mol. The van der Waals surface area contributed by atoms with Crippen molar-refractivity contribution in [2.75, 3.05) is 5.32 Å². The first kappa shape index (κ1) is 22.0. The molecule has 10 heteroatoms. The number of carbonyl (C=O) groups is 2. The standard InChI is InChI=1S/C22H25BN4O5/c1-21(2)22(3,4)32-23(31-21)17(11-14-13-30-16-8-6-5-7-15(14)16)26-19(28)20(29)27-18-12-24-9-10-25-18/h5-10,12-13,17H,11H2,1-4H3,(H,26,28)(H,25,27,29). The number of hydrogen-bond acceptors (Lipinski definition) is 7. The molecule has 3 heterocycles. The Labute approximate surface area is 186 Å². The lowest BCUT2D eigenvalue weighted by Crippen LogP contribution is -2.52. The maximum atomic E-state index is 12.7. The van der Waals surface area contributed by atoms with E-state index >= 15 is 0 Å². The molecule has 3 aromatic rings. The van der Waals surface area contributed by atoms with E-state index in [1.165, 1.54) is 18.6 Å². The quantitative estimate of drug-likeness (QED) is 0.467. The SMILES string of the molecule is CC1(C)OB(C(Cc2coc3ccccc23)NC(=O)C(=O)Nc2cnccn2)OC1(C)C. The summed E-state index contributed by atoms with van der Waals surface area (Å²) >= 11 is 0. The van der Waals surface area contributed by atoms with E-state index in [0.717, 1.165) is 16.5 Å². The van der Waals surface area contributed by atoms with Gasteiger partial charge >= 0.3 is 18.9 Å². The Bertz CT molecular complexity index is 1120. The van der Waals surface area contributed by atoms with Crippen LogP contribution < -0.4 is 10.6 Å². The second kappa shape index (κ2) is 8.36. The van der Waals surface area contributed by atoms with Crippen LogP contribution in [0.1, 0.15) is 33.3 Å². The van der Waals surface area contributed by atoms with Gasteiger partial charge in [-0.1, -0.05) is 18.2 Å². The molecule has 0 saturated carbocycles. The topological polar surface area (TPSA) is 116 Å². The van der Waals surface area contributed by atoms with Gasteiger partial charge in [-0.15, -0.1) is 0 Å². The van der Waals surface area contributed by atoms with Crippen LogP contribution in [0.5, 0.6) is 0 Å². The third-order valence-corrected chi connectivity index (χ3v) is 5.93. The van der Waals surface area contributed by atoms with Crippen molar-refractivity contribution < 1.29 is 23.3 Å². The summed E-state index contributed by atoms with van der Waals surface area (Å²) in [7, 11) is -0.762. The van der Waals surface area contributed by atoms with Gasteiger partial charge in [-0.2, -0.15) is 0 Å². The second-order valence-corrected chi connectivity index (χ2v) is 8.71. The zero-order valence-electron chi connectivity index (χ0n) is 18.4. The van der Waals surface area contributed by atoms with Gasteiger partial charge in [-0.25, -0.2) is 4.98 Å². The largest absolute Gasteiger partial charge is 0.482 e. The van der Waals surface area contributed by atoms with Crippen LogP contribution in [0.2, 0.25) is 0 Å². The molecule has 1 saturated heterocycles. The van der Waals surface area contributed by atoms with Crippen LogP contribution in [0, 0.1) is 0 Å². The fraction of sp³-hybridized carbons (Fsp3) is 0.364. The second-order valence-electron chi connectivity index (χ2n) is 8.71. The van der Waals surface area contributed by atoms with Gasteiger partial charge in [-0.05, 0) is 45.7 Å². The molecule has 1 aliphatic heterocycles. The molecule has 0 aliphatic carbocycles. The average molecular weight is 436 g/mol. The van der Waals surface area contributed by atoms with Crippen LogP contribution in [-0.2, 0) is 25.3 Å². The first-order valence-electron chi connectivity index (χ1n) is 10.3. The zero-order valence-corrected chi connectivity index (χ0v) is 18.4. The van der Waals surface area contributed by atoms with E-state index in [0.29, 0.717) is 6.42 Å². The van der Waals surface area contributed by atoms with Crippen LogP contribution >= 0.6 is 0 Å². The van der Waals surface area contributed by atoms with Gasteiger partial charge in [0.1, 0.15) is 5.58 Å². The molecule has 2 aromatic heterocycles. The van der Waals surface area contributed by atoms with Gasteiger partial charge in [0.25, 0.3) is 0 Å². The number of aromatic nitrogens is 2. The monoisotopic (exact) mass is 436 g/mol. The van der Waals surface area contributed by atoms with E-state index in [-0.39, 0.29) is 5.82 Å². The summed E-state index contributed by atoms with van der Waals surface area (Å²) in [5.41, 5.74) is 0.416. The Morgan fingerprint density at radius 3 is 2.47 bits per heavy atom. The van der Waals surface area contributed by atoms with E-state index in [1.54, 1.807) is 6.26 Å². The normalized spacial score (nSPS) is 17.8. The minimum absolute atomic E-state index is 0.181. The van der Waals surface area contributed by atoms with Crippen LogP contribution in [0.15, 0.2) is 53.5 Å². The number of nitrogens with zero attached hydrogens (tertiary/aromatic N) is 2. The average Bonchev–Trinajstić information content (AvgIpc) is 3.25. The molecule has 1 fully saturated rings. The van der Waals surface area contributed by atoms with E-state index in [2.05, 4.69) is 20.6 Å². The molecule has 1 aromatic carbocycles. The smallest absolute Gasteiger partial charge is 0.464 e. The van der Waals surface area contributed by atoms with Crippen molar-refractivity contribution in [2.45, 2.75) is 51.3 Å². The third-order valence-electron chi connectivity index (χ3n) is 5.93. The highest BCUT2D eigenvalue weighted by Gasteiger charge is 2.54. The summed E-state index contributed by atoms with van der Waals surface area (Å²) in [6.45, 7) is 7.72. The molecule has 1 atom stereocenters. The van der Waals surface area contributed by atoms with Crippen molar-refractivity contribution in [1.82, 2.24) is 15.3 Å². The molecule has 4 rings (SSSR count). The molecule has 0 radical (unpaired) electrons. The number of anilines is 1. The fourth-order valence-corrected chi connectivity index (χ4v) is 3.47. The Morgan fingerprint density at radius 1 is 1.06 bits per heavy atom. The highest BCUT2D eigenvalue weighted by Crippen LogP contribution is 2.38. The highest BCUT2D eigenvalue weighted by molar-refractivity contribution is 6.49. The number of nitrogens with one attached hydrogen (secondary N) is 2. The molecule has 0 spiro atoms. The third kappa shape index (κ3) is 4.37. The molecule has 1 aliphatic rings. The van der Waals surface area contributed by atoms with Gasteiger partial charge in [0.2, 0.25) is 0 Å². The molecule has 2 N–H and O–H groups in total. The number of benzene rings is 1. The molecule has 32 heavy (non-hydrogen) atoms. The summed E-state index contributed by atoms with van der Waals surface area (Å²) in [6, 6.07) is 7.62. The van der Waals surface area contributed by atoms with Crippen LogP contribution in [0.4, 0.5) is 5.82 Å². The van der Waals surface area contributed by atoms with Crippen LogP contribution in [0.3, 0.4) is 0 Å². The van der Waals surface area contributed by atoms with E-state index in [4.69, 9.17) is 13.7 Å². The number of amides is 2. The van der Waals surface area contributed by atoms with Crippen molar-refractivity contribution >= 4 is 35.7 Å². The first-order valence-corrected chi connectivity index (χ1v) is 10.3. The van der Waals surface area contributed by atoms with Gasteiger partial charge in [0.05, 0.1) is 29.6 Å². The highest BCUT2D eigenvalue weighted by atomic mass is 16.7. The molecule has 9 nitrogen and oxygen atoms in total. The van der Waals surface area contributed by atoms with E-state index in [1.807, 2.05) is 52.0 Å². The van der Waals surface area contributed by atoms with Crippen LogP contribution in [0.25, 0.3) is 11.0 Å². The lowest BCUT2D eigenvalue weighted by molar-refractivity contribution is -0.136. The molecule has 1 unspecified atom stereocenters. The van der Waals surface area contributed by atoms with Crippen LogP contribution in [-0.4, -0.2) is 46.0 Å². The zero-order chi connectivity index (χ0) is 22.9. The molecular formula is C22H25BN4O5. The molecule has 2 amide bonds. The lowest BCUT2D eigenvalue weighted by Gasteiger charge is -2.32. The summed E-state index contributed by atoms with van der Waals surface area (Å²) in [4.78, 5) is 33.0. The first-order chi connectivity index (χ1) is 15.2. The number of hydrogen-bond donors (Lipinski definition) is 2. The molecular weight excluding hydrogens is 411 g/mol. The van der Waals surface area contributed by atoms with Crippen molar-refractivity contribution in [2.24, 2.45) is 0 Å². The Kier molecular flexibility index (Phi) is 5.74.